The Hall–Kier alpha value is -3.55. The molecule has 0 saturated carbocycles. The van der Waals surface area contributed by atoms with Gasteiger partial charge in [0.2, 0.25) is 5.13 Å². The molecule has 2 aromatic carbocycles. The zero-order valence-electron chi connectivity index (χ0n) is 16.4. The van der Waals surface area contributed by atoms with Crippen LogP contribution in [0.4, 0.5) is 5.13 Å². The van der Waals surface area contributed by atoms with Crippen molar-refractivity contribution in [1.29, 1.82) is 0 Å². The molecule has 31 heavy (non-hydrogen) atoms. The molecule has 1 amide bonds. The number of hydrogen-bond donors (Lipinski definition) is 1. The van der Waals surface area contributed by atoms with E-state index in [2.05, 4.69) is 20.5 Å². The first-order valence-electron chi connectivity index (χ1n) is 9.30. The number of benzene rings is 2. The molecule has 8 heteroatoms. The molecule has 4 aromatic rings. The summed E-state index contributed by atoms with van der Waals surface area (Å²) < 4.78 is 5.44. The van der Waals surface area contributed by atoms with Gasteiger partial charge in [0.1, 0.15) is 10.8 Å². The van der Waals surface area contributed by atoms with E-state index in [1.165, 1.54) is 17.5 Å². The number of nitrogens with one attached hydrogen (secondary N) is 1. The maximum Gasteiger partial charge on any atom is 0.259 e. The molecule has 0 fully saturated rings. The van der Waals surface area contributed by atoms with Crippen LogP contribution in [0.3, 0.4) is 0 Å². The first kappa shape index (κ1) is 20.7. The molecule has 2 aromatic heterocycles. The molecule has 0 aliphatic rings. The van der Waals surface area contributed by atoms with Gasteiger partial charge >= 0.3 is 0 Å². The number of carbonyl (C=O) groups is 1. The van der Waals surface area contributed by atoms with Crippen molar-refractivity contribution >= 4 is 46.1 Å². The number of rotatable bonds is 6. The van der Waals surface area contributed by atoms with Crippen LogP contribution >= 0.6 is 22.9 Å². The quantitative estimate of drug-likeness (QED) is 0.410. The Morgan fingerprint density at radius 2 is 1.84 bits per heavy atom. The third-order valence-electron chi connectivity index (χ3n) is 4.41. The summed E-state index contributed by atoms with van der Waals surface area (Å²) in [5, 5.41) is 12.7. The van der Waals surface area contributed by atoms with Gasteiger partial charge in [-0.2, -0.15) is 0 Å². The van der Waals surface area contributed by atoms with Crippen molar-refractivity contribution in [2.24, 2.45) is 0 Å². The highest BCUT2D eigenvalue weighted by molar-refractivity contribution is 7.16. The van der Waals surface area contributed by atoms with Crippen LogP contribution in [0.15, 0.2) is 67.0 Å². The van der Waals surface area contributed by atoms with Crippen LogP contribution < -0.4 is 10.1 Å². The molecule has 154 valence electrons. The lowest BCUT2D eigenvalue weighted by Gasteiger charge is -2.11. The zero-order chi connectivity index (χ0) is 21.6. The van der Waals surface area contributed by atoms with Gasteiger partial charge in [-0.1, -0.05) is 59.3 Å². The normalized spacial score (nSPS) is 10.9. The van der Waals surface area contributed by atoms with Crippen molar-refractivity contribution in [3.05, 3.63) is 88.1 Å². The molecule has 0 bridgehead atoms. The number of amides is 1. The Morgan fingerprint density at radius 3 is 2.65 bits per heavy atom. The van der Waals surface area contributed by atoms with Crippen LogP contribution in [-0.2, 0) is 0 Å². The van der Waals surface area contributed by atoms with Gasteiger partial charge in [-0.05, 0) is 35.9 Å². The van der Waals surface area contributed by atoms with Crippen molar-refractivity contribution < 1.29 is 9.53 Å². The molecule has 0 unspecified atom stereocenters. The number of nitrogens with zero attached hydrogens (tertiary/aromatic N) is 3. The summed E-state index contributed by atoms with van der Waals surface area (Å²) in [4.78, 5) is 17.1. The van der Waals surface area contributed by atoms with Crippen LogP contribution in [0.5, 0.6) is 5.75 Å². The molecule has 4 rings (SSSR count). The molecule has 0 spiro atoms. The fourth-order valence-electron chi connectivity index (χ4n) is 2.94. The minimum atomic E-state index is -0.321. The number of ether oxygens (including phenoxy) is 1. The molecule has 0 atom stereocenters. The molecule has 0 aliphatic heterocycles. The predicted octanol–water partition coefficient (Wildman–Crippen LogP) is 5.68. The van der Waals surface area contributed by atoms with Crippen molar-refractivity contribution in [2.45, 2.75) is 0 Å². The maximum atomic E-state index is 12.9. The zero-order valence-corrected chi connectivity index (χ0v) is 18.0. The summed E-state index contributed by atoms with van der Waals surface area (Å²) in [6.07, 6.45) is 6.91. The van der Waals surface area contributed by atoms with Crippen molar-refractivity contribution in [3.8, 4) is 16.9 Å². The summed E-state index contributed by atoms with van der Waals surface area (Å²) in [5.74, 6) is 0.353. The first-order valence-corrected chi connectivity index (χ1v) is 10.5. The van der Waals surface area contributed by atoms with E-state index in [9.17, 15) is 4.79 Å². The Morgan fingerprint density at radius 1 is 1.03 bits per heavy atom. The van der Waals surface area contributed by atoms with E-state index < -0.39 is 0 Å². The number of hydrogen-bond acceptors (Lipinski definition) is 6. The van der Waals surface area contributed by atoms with Gasteiger partial charge in [0.25, 0.3) is 5.91 Å². The predicted molar refractivity (Wildman–Crippen MR) is 124 cm³/mol. The molecule has 2 heterocycles. The number of pyridine rings is 1. The number of anilines is 1. The molecule has 6 nitrogen and oxygen atoms in total. The van der Waals surface area contributed by atoms with Crippen LogP contribution in [0, 0.1) is 0 Å². The first-order chi connectivity index (χ1) is 15.1. The third-order valence-corrected chi connectivity index (χ3v) is 5.47. The summed E-state index contributed by atoms with van der Waals surface area (Å²) in [6.45, 7) is 0. The van der Waals surface area contributed by atoms with Crippen LogP contribution in [0.25, 0.3) is 23.3 Å². The minimum absolute atomic E-state index is 0.321. The van der Waals surface area contributed by atoms with E-state index >= 15 is 0 Å². The van der Waals surface area contributed by atoms with E-state index in [0.717, 1.165) is 16.7 Å². The van der Waals surface area contributed by atoms with Crippen molar-refractivity contribution in [1.82, 2.24) is 15.2 Å². The fraction of sp³-hybridized carbons (Fsp3) is 0.0435. The lowest BCUT2D eigenvalue weighted by Crippen LogP contribution is -2.13. The Kier molecular flexibility index (Phi) is 6.35. The second-order valence-corrected chi connectivity index (χ2v) is 7.85. The summed E-state index contributed by atoms with van der Waals surface area (Å²) in [7, 11) is 1.60. The number of para-hydroxylation sites is 1. The Labute approximate surface area is 188 Å². The van der Waals surface area contributed by atoms with Gasteiger partial charge in [-0.15, -0.1) is 10.2 Å². The van der Waals surface area contributed by atoms with Gasteiger partial charge in [0, 0.05) is 28.5 Å². The smallest absolute Gasteiger partial charge is 0.259 e. The number of aromatic nitrogens is 3. The van der Waals surface area contributed by atoms with E-state index in [0.29, 0.717) is 26.5 Å². The number of methoxy groups -OCH3 is 1. The fourth-order valence-corrected chi connectivity index (χ4v) is 3.70. The summed E-state index contributed by atoms with van der Waals surface area (Å²) >= 11 is 7.18. The minimum Gasteiger partial charge on any atom is -0.496 e. The SMILES string of the molecule is COc1ccccc1-c1ccncc1C(=O)Nc1nnc(/C=C/c2ccc(Cl)cc2)s1. The van der Waals surface area contributed by atoms with Gasteiger partial charge in [-0.25, -0.2) is 0 Å². The second-order valence-electron chi connectivity index (χ2n) is 6.41. The summed E-state index contributed by atoms with van der Waals surface area (Å²) in [5.41, 5.74) is 2.93. The Bertz CT molecular complexity index is 1240. The molecule has 0 radical (unpaired) electrons. The lowest BCUT2D eigenvalue weighted by atomic mass is 10.0. The molecule has 0 aliphatic carbocycles. The van der Waals surface area contributed by atoms with Crippen LogP contribution in [-0.4, -0.2) is 28.2 Å². The highest BCUT2D eigenvalue weighted by atomic mass is 35.5. The molecule has 0 saturated heterocycles. The average molecular weight is 449 g/mol. The van der Waals surface area contributed by atoms with E-state index in [1.807, 2.05) is 60.7 Å². The lowest BCUT2D eigenvalue weighted by molar-refractivity contribution is 0.102. The third kappa shape index (κ3) is 4.96. The topological polar surface area (TPSA) is 77.0 Å². The average Bonchev–Trinajstić information content (AvgIpc) is 3.26. The van der Waals surface area contributed by atoms with Gasteiger partial charge in [0.15, 0.2) is 0 Å². The monoisotopic (exact) mass is 448 g/mol. The van der Waals surface area contributed by atoms with E-state index in [4.69, 9.17) is 16.3 Å². The maximum absolute atomic E-state index is 12.9. The Balaban J connectivity index is 1.53. The van der Waals surface area contributed by atoms with Crippen molar-refractivity contribution in [3.63, 3.8) is 0 Å². The number of carbonyl (C=O) groups excluding carboxylic acids is 1. The second kappa shape index (κ2) is 9.51. The number of halogens is 1. The van der Waals surface area contributed by atoms with E-state index in [1.54, 1.807) is 19.4 Å². The van der Waals surface area contributed by atoms with E-state index in [-0.39, 0.29) is 5.91 Å². The van der Waals surface area contributed by atoms with Crippen molar-refractivity contribution in [2.75, 3.05) is 12.4 Å². The highest BCUT2D eigenvalue weighted by Gasteiger charge is 2.17. The largest absolute Gasteiger partial charge is 0.496 e. The molecular weight excluding hydrogens is 432 g/mol. The van der Waals surface area contributed by atoms with Gasteiger partial charge in [0.05, 0.1) is 12.7 Å². The highest BCUT2D eigenvalue weighted by Crippen LogP contribution is 2.32. The van der Waals surface area contributed by atoms with Crippen LogP contribution in [0.1, 0.15) is 20.9 Å². The van der Waals surface area contributed by atoms with Crippen LogP contribution in [0.2, 0.25) is 5.02 Å². The molecular formula is C23H17ClN4O2S. The van der Waals surface area contributed by atoms with Gasteiger partial charge in [-0.3, -0.25) is 15.1 Å². The summed E-state index contributed by atoms with van der Waals surface area (Å²) in [6, 6.07) is 16.8. The van der Waals surface area contributed by atoms with Gasteiger partial charge < -0.3 is 4.74 Å². The standard InChI is InChI=1S/C23H17ClN4O2S/c1-30-20-5-3-2-4-18(20)17-12-13-25-14-19(17)22(29)26-23-28-27-21(31-23)11-8-15-6-9-16(24)10-7-15/h2-14H,1H3,(H,26,28,29)/b11-8+. The molecule has 1 N–H and O–H groups in total.